The molecule has 2 aromatic rings. The van der Waals surface area contributed by atoms with Crippen LogP contribution in [-0.2, 0) is 16.2 Å². The van der Waals surface area contributed by atoms with Gasteiger partial charge in [-0.1, -0.05) is 33.6 Å². The number of benzene rings is 2. The number of hydrogen-bond acceptors (Lipinski definition) is 2. The molecule has 1 N–H and O–H groups in total. The van der Waals surface area contributed by atoms with E-state index in [1.807, 2.05) is 0 Å². The molecule has 0 fully saturated rings. The Bertz CT molecular complexity index is 854. The summed E-state index contributed by atoms with van der Waals surface area (Å²) in [5.74, 6) is 0. The standard InChI is InChI=1S/C14H10BrClF3NO2S/c1-8-2-3-9(16)6-13(8)20-23(21,22)10-4-5-12(15)11(7-10)14(17,18)19/h2-7,20H,1H3. The summed E-state index contributed by atoms with van der Waals surface area (Å²) < 4.78 is 65.3. The van der Waals surface area contributed by atoms with E-state index in [1.54, 1.807) is 19.1 Å². The van der Waals surface area contributed by atoms with Gasteiger partial charge in [-0.15, -0.1) is 0 Å². The first-order valence-electron chi connectivity index (χ1n) is 6.16. The van der Waals surface area contributed by atoms with Gasteiger partial charge in [0.15, 0.2) is 0 Å². The molecule has 2 aromatic carbocycles. The maximum absolute atomic E-state index is 12.9. The lowest BCUT2D eigenvalue weighted by Gasteiger charge is -2.14. The van der Waals surface area contributed by atoms with E-state index in [2.05, 4.69) is 20.7 Å². The molecule has 0 aromatic heterocycles. The van der Waals surface area contributed by atoms with Gasteiger partial charge in [0.25, 0.3) is 10.0 Å². The second-order valence-electron chi connectivity index (χ2n) is 4.70. The lowest BCUT2D eigenvalue weighted by Crippen LogP contribution is -2.15. The molecule has 0 saturated heterocycles. The van der Waals surface area contributed by atoms with Crippen LogP contribution in [0, 0.1) is 6.92 Å². The van der Waals surface area contributed by atoms with Crippen LogP contribution >= 0.6 is 27.5 Å². The van der Waals surface area contributed by atoms with Crippen molar-refractivity contribution in [3.8, 4) is 0 Å². The van der Waals surface area contributed by atoms with Crippen LogP contribution in [0.3, 0.4) is 0 Å². The number of rotatable bonds is 3. The Morgan fingerprint density at radius 3 is 2.39 bits per heavy atom. The molecule has 0 bridgehead atoms. The average molecular weight is 429 g/mol. The monoisotopic (exact) mass is 427 g/mol. The van der Waals surface area contributed by atoms with Gasteiger partial charge in [-0.25, -0.2) is 8.42 Å². The number of anilines is 1. The van der Waals surface area contributed by atoms with Crippen LogP contribution in [0.4, 0.5) is 18.9 Å². The second-order valence-corrected chi connectivity index (χ2v) is 7.68. The average Bonchev–Trinajstić information content (AvgIpc) is 2.41. The molecule has 0 aliphatic carbocycles. The van der Waals surface area contributed by atoms with Gasteiger partial charge in [-0.2, -0.15) is 13.2 Å². The number of aryl methyl sites for hydroxylation is 1. The number of halogens is 5. The first kappa shape index (κ1) is 18.1. The third kappa shape index (κ3) is 4.19. The van der Waals surface area contributed by atoms with E-state index in [4.69, 9.17) is 11.6 Å². The van der Waals surface area contributed by atoms with E-state index in [0.29, 0.717) is 16.7 Å². The molecule has 0 heterocycles. The summed E-state index contributed by atoms with van der Waals surface area (Å²) in [6.45, 7) is 1.65. The Balaban J connectivity index is 2.46. The van der Waals surface area contributed by atoms with Crippen molar-refractivity contribution in [2.75, 3.05) is 4.72 Å². The fraction of sp³-hybridized carbons (Fsp3) is 0.143. The van der Waals surface area contributed by atoms with E-state index in [0.717, 1.165) is 12.1 Å². The Labute approximate surface area is 144 Å². The van der Waals surface area contributed by atoms with E-state index < -0.39 is 26.7 Å². The van der Waals surface area contributed by atoms with Gasteiger partial charge in [0, 0.05) is 9.50 Å². The van der Waals surface area contributed by atoms with Crippen molar-refractivity contribution in [3.63, 3.8) is 0 Å². The topological polar surface area (TPSA) is 46.2 Å². The van der Waals surface area contributed by atoms with Crippen LogP contribution in [0.5, 0.6) is 0 Å². The summed E-state index contributed by atoms with van der Waals surface area (Å²) in [6, 6.07) is 7.27. The molecule has 3 nitrogen and oxygen atoms in total. The second kappa shape index (κ2) is 6.33. The largest absolute Gasteiger partial charge is 0.417 e. The SMILES string of the molecule is Cc1ccc(Cl)cc1NS(=O)(=O)c1ccc(Br)c(C(F)(F)F)c1. The highest BCUT2D eigenvalue weighted by Gasteiger charge is 2.34. The van der Waals surface area contributed by atoms with Gasteiger partial charge in [0.2, 0.25) is 0 Å². The highest BCUT2D eigenvalue weighted by atomic mass is 79.9. The third-order valence-corrected chi connectivity index (χ3v) is 5.29. The summed E-state index contributed by atoms with van der Waals surface area (Å²) in [5, 5.41) is 0.306. The molecular formula is C14H10BrClF3NO2S. The van der Waals surface area contributed by atoms with Crippen LogP contribution in [0.1, 0.15) is 11.1 Å². The van der Waals surface area contributed by atoms with Crippen molar-refractivity contribution in [2.45, 2.75) is 18.0 Å². The van der Waals surface area contributed by atoms with Crippen LogP contribution in [0.2, 0.25) is 5.02 Å². The minimum atomic E-state index is -4.67. The zero-order valence-electron chi connectivity index (χ0n) is 11.6. The molecule has 23 heavy (non-hydrogen) atoms. The first-order chi connectivity index (χ1) is 10.5. The molecule has 0 atom stereocenters. The zero-order valence-corrected chi connectivity index (χ0v) is 14.7. The van der Waals surface area contributed by atoms with Crippen molar-refractivity contribution in [1.82, 2.24) is 0 Å². The molecule has 0 amide bonds. The molecule has 2 rings (SSSR count). The van der Waals surface area contributed by atoms with Crippen LogP contribution in [0.25, 0.3) is 0 Å². The normalized spacial score (nSPS) is 12.3. The molecule has 9 heteroatoms. The molecule has 0 aliphatic rings. The minimum absolute atomic E-state index is 0.203. The van der Waals surface area contributed by atoms with Crippen LogP contribution in [0.15, 0.2) is 45.8 Å². The van der Waals surface area contributed by atoms with E-state index >= 15 is 0 Å². The molecule has 0 radical (unpaired) electrons. The number of alkyl halides is 3. The number of hydrogen-bond donors (Lipinski definition) is 1. The van der Waals surface area contributed by atoms with E-state index in [-0.39, 0.29) is 10.2 Å². The van der Waals surface area contributed by atoms with Crippen molar-refractivity contribution in [2.24, 2.45) is 0 Å². The quantitative estimate of drug-likeness (QED) is 0.727. The Kier molecular flexibility index (Phi) is 4.98. The minimum Gasteiger partial charge on any atom is -0.279 e. The Morgan fingerprint density at radius 1 is 1.13 bits per heavy atom. The fourth-order valence-electron chi connectivity index (χ4n) is 1.80. The molecular weight excluding hydrogens is 419 g/mol. The van der Waals surface area contributed by atoms with Crippen molar-refractivity contribution in [3.05, 3.63) is 57.0 Å². The van der Waals surface area contributed by atoms with Gasteiger partial charge in [-0.05, 0) is 42.8 Å². The molecule has 124 valence electrons. The maximum atomic E-state index is 12.9. The summed E-state index contributed by atoms with van der Waals surface area (Å²) in [6.07, 6.45) is -4.67. The molecule has 0 aliphatic heterocycles. The predicted octanol–water partition coefficient (Wildman–Crippen LogP) is 5.23. The predicted molar refractivity (Wildman–Crippen MR) is 86.1 cm³/mol. The molecule has 0 spiro atoms. The Hall–Kier alpha value is -1.25. The van der Waals surface area contributed by atoms with Crippen molar-refractivity contribution in [1.29, 1.82) is 0 Å². The van der Waals surface area contributed by atoms with Crippen LogP contribution < -0.4 is 4.72 Å². The molecule has 0 saturated carbocycles. The van der Waals surface area contributed by atoms with Crippen molar-refractivity contribution >= 4 is 43.2 Å². The summed E-state index contributed by atoms with van der Waals surface area (Å²) in [7, 11) is -4.18. The van der Waals surface area contributed by atoms with Gasteiger partial charge in [0.1, 0.15) is 0 Å². The third-order valence-electron chi connectivity index (χ3n) is 3.00. The Morgan fingerprint density at radius 2 is 1.78 bits per heavy atom. The van der Waals surface area contributed by atoms with Gasteiger partial charge in [-0.3, -0.25) is 4.72 Å². The first-order valence-corrected chi connectivity index (χ1v) is 8.82. The fourth-order valence-corrected chi connectivity index (χ4v) is 3.59. The summed E-state index contributed by atoms with van der Waals surface area (Å²) in [4.78, 5) is -0.493. The number of nitrogens with one attached hydrogen (secondary N) is 1. The van der Waals surface area contributed by atoms with E-state index in [1.165, 1.54) is 6.07 Å². The highest BCUT2D eigenvalue weighted by molar-refractivity contribution is 9.10. The van der Waals surface area contributed by atoms with Crippen LogP contribution in [-0.4, -0.2) is 8.42 Å². The zero-order chi connectivity index (χ0) is 17.4. The summed E-state index contributed by atoms with van der Waals surface area (Å²) in [5.41, 5.74) is -0.275. The summed E-state index contributed by atoms with van der Waals surface area (Å²) >= 11 is 8.58. The molecule has 0 unspecified atom stereocenters. The van der Waals surface area contributed by atoms with Gasteiger partial charge >= 0.3 is 6.18 Å². The van der Waals surface area contributed by atoms with Gasteiger partial charge in [0.05, 0.1) is 16.1 Å². The van der Waals surface area contributed by atoms with Gasteiger partial charge < -0.3 is 0 Å². The smallest absolute Gasteiger partial charge is 0.279 e. The lowest BCUT2D eigenvalue weighted by molar-refractivity contribution is -0.138. The lowest BCUT2D eigenvalue weighted by atomic mass is 10.2. The highest BCUT2D eigenvalue weighted by Crippen LogP contribution is 2.36. The maximum Gasteiger partial charge on any atom is 0.417 e. The van der Waals surface area contributed by atoms with Crippen molar-refractivity contribution < 1.29 is 21.6 Å². The number of sulfonamides is 1. The van der Waals surface area contributed by atoms with E-state index in [9.17, 15) is 21.6 Å².